The molecule has 2 aromatic heterocycles. The van der Waals surface area contributed by atoms with Gasteiger partial charge in [-0.2, -0.15) is 14.6 Å². The smallest absolute Gasteiger partial charge is 0.254 e. The number of nitrogen functional groups attached to an aromatic ring is 1. The Hall–Kier alpha value is -1.65. The van der Waals surface area contributed by atoms with Gasteiger partial charge in [0.25, 0.3) is 5.78 Å². The highest BCUT2D eigenvalue weighted by Crippen LogP contribution is 2.25. The van der Waals surface area contributed by atoms with Crippen LogP contribution < -0.4 is 5.73 Å². The van der Waals surface area contributed by atoms with E-state index in [1.807, 2.05) is 6.07 Å². The zero-order chi connectivity index (χ0) is 15.1. The van der Waals surface area contributed by atoms with E-state index in [1.165, 1.54) is 49.4 Å². The van der Waals surface area contributed by atoms with Crippen LogP contribution in [0.25, 0.3) is 5.78 Å². The summed E-state index contributed by atoms with van der Waals surface area (Å²) in [5, 5.41) is 3.94. The third kappa shape index (κ3) is 4.41. The van der Waals surface area contributed by atoms with Crippen molar-refractivity contribution in [2.24, 2.45) is 5.92 Å². The van der Waals surface area contributed by atoms with E-state index in [2.05, 4.69) is 28.9 Å². The summed E-state index contributed by atoms with van der Waals surface area (Å²) in [7, 11) is 0. The number of rotatable bonds is 3. The average molecular weight is 289 g/mol. The van der Waals surface area contributed by atoms with E-state index in [9.17, 15) is 0 Å². The summed E-state index contributed by atoms with van der Waals surface area (Å²) in [4.78, 5) is 8.28. The Labute approximate surface area is 127 Å². The molecule has 0 bridgehead atoms. The van der Waals surface area contributed by atoms with Crippen molar-refractivity contribution in [3.05, 3.63) is 18.1 Å². The Balaban J connectivity index is 0.000000173. The van der Waals surface area contributed by atoms with Crippen molar-refractivity contribution >= 4 is 11.6 Å². The quantitative estimate of drug-likeness (QED) is 0.936. The molecule has 5 nitrogen and oxygen atoms in total. The summed E-state index contributed by atoms with van der Waals surface area (Å²) in [5.41, 5.74) is 6.72. The maximum atomic E-state index is 5.75. The number of fused-ring (bicyclic) bond motifs is 1. The fourth-order valence-corrected chi connectivity index (χ4v) is 2.87. The molecular formula is C16H27N5. The molecule has 1 aliphatic carbocycles. The molecule has 0 aromatic carbocycles. The second-order valence-corrected chi connectivity index (χ2v) is 5.81. The highest BCUT2D eigenvalue weighted by molar-refractivity contribution is 5.41. The summed E-state index contributed by atoms with van der Waals surface area (Å²) >= 11 is 0. The van der Waals surface area contributed by atoms with Gasteiger partial charge in [-0.15, -0.1) is 0 Å². The van der Waals surface area contributed by atoms with Gasteiger partial charge < -0.3 is 5.73 Å². The van der Waals surface area contributed by atoms with Gasteiger partial charge in [0.05, 0.1) is 0 Å². The number of hydrogen-bond donors (Lipinski definition) is 1. The number of nitrogens with two attached hydrogens (primary N) is 1. The number of nitrogens with zero attached hydrogens (tertiary/aromatic N) is 4. The van der Waals surface area contributed by atoms with Gasteiger partial charge in [-0.3, -0.25) is 0 Å². The maximum Gasteiger partial charge on any atom is 0.254 e. The lowest BCUT2D eigenvalue weighted by Gasteiger charge is -2.18. The Morgan fingerprint density at radius 3 is 2.62 bits per heavy atom. The lowest BCUT2D eigenvalue weighted by atomic mass is 9.88. The predicted octanol–water partition coefficient (Wildman–Crippen LogP) is 3.64. The van der Waals surface area contributed by atoms with Crippen molar-refractivity contribution in [1.82, 2.24) is 19.6 Å². The molecule has 0 aliphatic heterocycles. The van der Waals surface area contributed by atoms with E-state index in [4.69, 9.17) is 5.73 Å². The monoisotopic (exact) mass is 289 g/mol. The minimum absolute atomic E-state index is 0.573. The van der Waals surface area contributed by atoms with Crippen LogP contribution in [0.5, 0.6) is 0 Å². The minimum atomic E-state index is 0.573. The van der Waals surface area contributed by atoms with E-state index in [1.54, 1.807) is 0 Å². The largest absolute Gasteiger partial charge is 0.383 e. The molecule has 2 aromatic rings. The first-order valence-corrected chi connectivity index (χ1v) is 8.19. The van der Waals surface area contributed by atoms with Crippen molar-refractivity contribution in [2.75, 3.05) is 5.73 Å². The van der Waals surface area contributed by atoms with Crippen LogP contribution in [0.1, 0.15) is 64.5 Å². The fraction of sp³-hybridized carbons (Fsp3) is 0.688. The number of hydrogen-bond acceptors (Lipinski definition) is 4. The SMILES string of the molecule is CCC1CCCCC1.CCCc1cc(N)n2ncnc2n1. The summed E-state index contributed by atoms with van der Waals surface area (Å²) in [6.07, 6.45) is 12.4. The van der Waals surface area contributed by atoms with Crippen LogP contribution in [0.3, 0.4) is 0 Å². The first-order chi connectivity index (χ1) is 10.2. The Morgan fingerprint density at radius 2 is 2.00 bits per heavy atom. The van der Waals surface area contributed by atoms with Crippen LogP contribution in [0, 0.1) is 5.92 Å². The van der Waals surface area contributed by atoms with Crippen molar-refractivity contribution in [3.63, 3.8) is 0 Å². The third-order valence-electron chi connectivity index (χ3n) is 4.14. The highest BCUT2D eigenvalue weighted by atomic mass is 15.3. The van der Waals surface area contributed by atoms with Crippen LogP contribution >= 0.6 is 0 Å². The molecule has 1 saturated carbocycles. The minimum Gasteiger partial charge on any atom is -0.383 e. The standard InChI is InChI=1S/C8H11N5.C8H16/c1-2-3-6-4-7(9)13-8(12-6)10-5-11-13;1-2-8-6-4-3-5-7-8/h4-5H,2-3,9H2,1H3;8H,2-7H2,1H3. The second kappa shape index (κ2) is 7.96. The van der Waals surface area contributed by atoms with Crippen LogP contribution in [-0.2, 0) is 6.42 Å². The summed E-state index contributed by atoms with van der Waals surface area (Å²) < 4.78 is 1.53. The molecular weight excluding hydrogens is 262 g/mol. The van der Waals surface area contributed by atoms with Gasteiger partial charge in [0.2, 0.25) is 0 Å². The molecule has 5 heteroatoms. The molecule has 0 unspecified atom stereocenters. The second-order valence-electron chi connectivity index (χ2n) is 5.81. The molecule has 2 heterocycles. The lowest BCUT2D eigenvalue weighted by Crippen LogP contribution is -2.03. The van der Waals surface area contributed by atoms with Gasteiger partial charge in [-0.25, -0.2) is 4.98 Å². The van der Waals surface area contributed by atoms with Crippen molar-refractivity contribution in [1.29, 1.82) is 0 Å². The van der Waals surface area contributed by atoms with Crippen molar-refractivity contribution < 1.29 is 0 Å². The molecule has 21 heavy (non-hydrogen) atoms. The van der Waals surface area contributed by atoms with Crippen LogP contribution in [-0.4, -0.2) is 19.6 Å². The Kier molecular flexibility index (Phi) is 5.96. The zero-order valence-corrected chi connectivity index (χ0v) is 13.3. The molecule has 0 saturated heterocycles. The first-order valence-electron chi connectivity index (χ1n) is 8.19. The van der Waals surface area contributed by atoms with Gasteiger partial charge in [-0.1, -0.05) is 58.8 Å². The fourth-order valence-electron chi connectivity index (χ4n) is 2.87. The van der Waals surface area contributed by atoms with E-state index < -0.39 is 0 Å². The van der Waals surface area contributed by atoms with Crippen LogP contribution in [0.15, 0.2) is 12.4 Å². The van der Waals surface area contributed by atoms with Gasteiger partial charge in [0.15, 0.2) is 0 Å². The van der Waals surface area contributed by atoms with E-state index >= 15 is 0 Å². The summed E-state index contributed by atoms with van der Waals surface area (Å²) in [6.45, 7) is 4.42. The normalized spacial score (nSPS) is 15.7. The van der Waals surface area contributed by atoms with Gasteiger partial charge >= 0.3 is 0 Å². The number of aryl methyl sites for hydroxylation is 1. The highest BCUT2D eigenvalue weighted by Gasteiger charge is 2.09. The topological polar surface area (TPSA) is 69.1 Å². The molecule has 0 amide bonds. The van der Waals surface area contributed by atoms with Gasteiger partial charge in [-0.05, 0) is 12.3 Å². The molecule has 0 radical (unpaired) electrons. The van der Waals surface area contributed by atoms with E-state index in [0.717, 1.165) is 24.5 Å². The molecule has 0 atom stereocenters. The van der Waals surface area contributed by atoms with Gasteiger partial charge in [0.1, 0.15) is 12.1 Å². The molecule has 2 N–H and O–H groups in total. The number of anilines is 1. The van der Waals surface area contributed by atoms with E-state index in [0.29, 0.717) is 11.6 Å². The Morgan fingerprint density at radius 1 is 1.24 bits per heavy atom. The molecule has 0 spiro atoms. The molecule has 1 fully saturated rings. The maximum absolute atomic E-state index is 5.75. The van der Waals surface area contributed by atoms with Crippen molar-refractivity contribution in [3.8, 4) is 0 Å². The molecule has 3 rings (SSSR count). The number of aromatic nitrogens is 4. The van der Waals surface area contributed by atoms with E-state index in [-0.39, 0.29) is 0 Å². The third-order valence-corrected chi connectivity index (χ3v) is 4.14. The molecule has 1 aliphatic rings. The zero-order valence-electron chi connectivity index (χ0n) is 13.3. The van der Waals surface area contributed by atoms with Crippen LogP contribution in [0.4, 0.5) is 5.82 Å². The van der Waals surface area contributed by atoms with Gasteiger partial charge in [0, 0.05) is 11.8 Å². The predicted molar refractivity (Wildman–Crippen MR) is 86.1 cm³/mol. The average Bonchev–Trinajstić information content (AvgIpc) is 2.98. The lowest BCUT2D eigenvalue weighted by molar-refractivity contribution is 0.349. The Bertz CT molecular complexity index is 543. The summed E-state index contributed by atoms with van der Waals surface area (Å²) in [6, 6.07) is 1.84. The molecule has 116 valence electrons. The first kappa shape index (κ1) is 15.7. The summed E-state index contributed by atoms with van der Waals surface area (Å²) in [5.74, 6) is 2.25. The van der Waals surface area contributed by atoms with Crippen molar-refractivity contribution in [2.45, 2.75) is 65.2 Å². The van der Waals surface area contributed by atoms with Crippen LogP contribution in [0.2, 0.25) is 0 Å².